The Balaban J connectivity index is 2.39. The molecule has 0 aliphatic carbocycles. The summed E-state index contributed by atoms with van der Waals surface area (Å²) in [6, 6.07) is 8.08. The van der Waals surface area contributed by atoms with Crippen LogP contribution in [0.5, 0.6) is 5.75 Å². The molecule has 1 unspecified atom stereocenters. The summed E-state index contributed by atoms with van der Waals surface area (Å²) in [5, 5.41) is 0. The Hall–Kier alpha value is -1.95. The summed E-state index contributed by atoms with van der Waals surface area (Å²) in [6.45, 7) is 0. The highest BCUT2D eigenvalue weighted by atomic mass is 79.9. The summed E-state index contributed by atoms with van der Waals surface area (Å²) in [5.74, 6) is -1.54. The first kappa shape index (κ1) is 14.5. The van der Waals surface area contributed by atoms with Crippen LogP contribution in [0, 0.1) is 11.6 Å². The Morgan fingerprint density at radius 2 is 1.85 bits per heavy atom. The number of anilines is 1. The monoisotopic (exact) mass is 341 g/mol. The highest BCUT2D eigenvalue weighted by Crippen LogP contribution is 2.31. The lowest BCUT2D eigenvalue weighted by Crippen LogP contribution is -2.14. The molecule has 0 amide bonds. The van der Waals surface area contributed by atoms with E-state index in [4.69, 9.17) is 10.5 Å². The van der Waals surface area contributed by atoms with Gasteiger partial charge in [-0.2, -0.15) is 0 Å². The number of hydrogen-bond acceptors (Lipinski definition) is 3. The van der Waals surface area contributed by atoms with E-state index in [1.807, 2.05) is 0 Å². The van der Waals surface area contributed by atoms with Crippen LogP contribution in [0.3, 0.4) is 0 Å². The van der Waals surface area contributed by atoms with Crippen LogP contribution in [-0.4, -0.2) is 6.29 Å². The van der Waals surface area contributed by atoms with Gasteiger partial charge in [-0.25, -0.2) is 8.78 Å². The lowest BCUT2D eigenvalue weighted by atomic mass is 10.1. The zero-order valence-corrected chi connectivity index (χ0v) is 11.7. The van der Waals surface area contributed by atoms with E-state index in [0.717, 1.165) is 12.1 Å². The second kappa shape index (κ2) is 6.00. The zero-order chi connectivity index (χ0) is 14.7. The van der Waals surface area contributed by atoms with Gasteiger partial charge in [0.15, 0.2) is 12.4 Å². The number of halogens is 3. The summed E-state index contributed by atoms with van der Waals surface area (Å²) >= 11 is 3.22. The second-order valence-electron chi connectivity index (χ2n) is 3.99. The Labute approximate surface area is 122 Å². The molecule has 0 aliphatic rings. The van der Waals surface area contributed by atoms with Crippen molar-refractivity contribution in [1.29, 1.82) is 0 Å². The van der Waals surface area contributed by atoms with E-state index in [9.17, 15) is 13.6 Å². The van der Waals surface area contributed by atoms with Gasteiger partial charge < -0.3 is 10.5 Å². The highest BCUT2D eigenvalue weighted by Gasteiger charge is 2.22. The molecule has 6 heteroatoms. The van der Waals surface area contributed by atoms with E-state index in [1.54, 1.807) is 12.1 Å². The molecule has 3 nitrogen and oxygen atoms in total. The summed E-state index contributed by atoms with van der Waals surface area (Å²) in [7, 11) is 0. The van der Waals surface area contributed by atoms with E-state index in [-0.39, 0.29) is 11.4 Å². The number of nitrogen functional groups attached to an aromatic ring is 1. The quantitative estimate of drug-likeness (QED) is 0.682. The van der Waals surface area contributed by atoms with Gasteiger partial charge in [-0.3, -0.25) is 4.79 Å². The predicted octanol–water partition coefficient (Wildman–Crippen LogP) is 3.63. The topological polar surface area (TPSA) is 52.3 Å². The molecule has 0 aromatic heterocycles. The Bertz CT molecular complexity index is 629. The molecular formula is C14H10BrF2NO2. The first-order valence-corrected chi connectivity index (χ1v) is 6.43. The van der Waals surface area contributed by atoms with E-state index < -0.39 is 23.3 Å². The summed E-state index contributed by atoms with van der Waals surface area (Å²) < 4.78 is 33.3. The number of benzene rings is 2. The van der Waals surface area contributed by atoms with Crippen molar-refractivity contribution in [1.82, 2.24) is 0 Å². The lowest BCUT2D eigenvalue weighted by molar-refractivity contribution is -0.114. The van der Waals surface area contributed by atoms with Crippen molar-refractivity contribution < 1.29 is 18.3 Å². The average Bonchev–Trinajstić information content (AvgIpc) is 2.41. The van der Waals surface area contributed by atoms with E-state index >= 15 is 0 Å². The minimum atomic E-state index is -1.41. The Morgan fingerprint density at radius 3 is 2.45 bits per heavy atom. The van der Waals surface area contributed by atoms with Crippen LogP contribution in [-0.2, 0) is 4.79 Å². The largest absolute Gasteiger partial charge is 0.476 e. The molecule has 0 spiro atoms. The first-order chi connectivity index (χ1) is 9.52. The normalized spacial score (nSPS) is 11.9. The molecular weight excluding hydrogens is 332 g/mol. The first-order valence-electron chi connectivity index (χ1n) is 5.64. The van der Waals surface area contributed by atoms with Gasteiger partial charge in [0.2, 0.25) is 0 Å². The second-order valence-corrected chi connectivity index (χ2v) is 4.91. The third kappa shape index (κ3) is 2.96. The molecule has 2 rings (SSSR count). The molecule has 1 atom stereocenters. The Kier molecular flexibility index (Phi) is 4.34. The predicted molar refractivity (Wildman–Crippen MR) is 74.3 cm³/mol. The van der Waals surface area contributed by atoms with Gasteiger partial charge in [0.05, 0.1) is 11.3 Å². The molecule has 20 heavy (non-hydrogen) atoms. The van der Waals surface area contributed by atoms with Crippen LogP contribution in [0.1, 0.15) is 11.7 Å². The highest BCUT2D eigenvalue weighted by molar-refractivity contribution is 9.10. The Morgan fingerprint density at radius 1 is 1.20 bits per heavy atom. The van der Waals surface area contributed by atoms with Gasteiger partial charge >= 0.3 is 0 Å². The molecule has 0 saturated heterocycles. The third-order valence-corrected chi connectivity index (χ3v) is 3.13. The van der Waals surface area contributed by atoms with Crippen molar-refractivity contribution in [3.8, 4) is 5.75 Å². The van der Waals surface area contributed by atoms with E-state index in [0.29, 0.717) is 10.8 Å². The molecule has 0 radical (unpaired) electrons. The SMILES string of the molecule is Nc1ccc(Br)cc1OC(C=O)c1c(F)cccc1F. The van der Waals surface area contributed by atoms with Crippen molar-refractivity contribution in [2.24, 2.45) is 0 Å². The van der Waals surface area contributed by atoms with Gasteiger partial charge in [-0.1, -0.05) is 22.0 Å². The number of carbonyl (C=O) groups is 1. The number of ether oxygens (including phenoxy) is 1. The summed E-state index contributed by atoms with van der Waals surface area (Å²) in [4.78, 5) is 11.1. The minimum absolute atomic E-state index is 0.166. The fourth-order valence-electron chi connectivity index (χ4n) is 1.68. The van der Waals surface area contributed by atoms with Crippen molar-refractivity contribution in [2.75, 3.05) is 5.73 Å². The summed E-state index contributed by atoms with van der Waals surface area (Å²) in [6.07, 6.45) is -1.09. The van der Waals surface area contributed by atoms with Crippen molar-refractivity contribution in [3.05, 3.63) is 58.1 Å². The maximum Gasteiger partial charge on any atom is 0.184 e. The molecule has 2 N–H and O–H groups in total. The van der Waals surface area contributed by atoms with Crippen LogP contribution in [0.25, 0.3) is 0 Å². The van der Waals surface area contributed by atoms with Gasteiger partial charge in [0, 0.05) is 4.47 Å². The average molecular weight is 342 g/mol. The molecule has 0 fully saturated rings. The van der Waals surface area contributed by atoms with Gasteiger partial charge in [0.25, 0.3) is 0 Å². The van der Waals surface area contributed by atoms with Gasteiger partial charge in [-0.15, -0.1) is 0 Å². The van der Waals surface area contributed by atoms with Gasteiger partial charge in [0.1, 0.15) is 17.4 Å². The fourth-order valence-corrected chi connectivity index (χ4v) is 2.02. The van der Waals surface area contributed by atoms with Crippen LogP contribution >= 0.6 is 15.9 Å². The maximum atomic E-state index is 13.7. The van der Waals surface area contributed by atoms with Crippen LogP contribution in [0.15, 0.2) is 40.9 Å². The maximum absolute atomic E-state index is 13.7. The molecule has 0 saturated carbocycles. The molecule has 104 valence electrons. The number of hydrogen-bond donors (Lipinski definition) is 1. The van der Waals surface area contributed by atoms with Gasteiger partial charge in [-0.05, 0) is 30.3 Å². The third-order valence-electron chi connectivity index (χ3n) is 2.64. The minimum Gasteiger partial charge on any atom is -0.476 e. The smallest absolute Gasteiger partial charge is 0.184 e. The molecule has 0 aliphatic heterocycles. The van der Waals surface area contributed by atoms with Crippen molar-refractivity contribution >= 4 is 27.9 Å². The van der Waals surface area contributed by atoms with Crippen LogP contribution in [0.4, 0.5) is 14.5 Å². The summed E-state index contributed by atoms with van der Waals surface area (Å²) in [5.41, 5.74) is 5.52. The van der Waals surface area contributed by atoms with Crippen LogP contribution in [0.2, 0.25) is 0 Å². The zero-order valence-electron chi connectivity index (χ0n) is 10.1. The van der Waals surface area contributed by atoms with E-state index in [1.165, 1.54) is 12.1 Å². The number of rotatable bonds is 4. The molecule has 2 aromatic rings. The number of carbonyl (C=O) groups excluding carboxylic acids is 1. The van der Waals surface area contributed by atoms with Crippen molar-refractivity contribution in [2.45, 2.75) is 6.10 Å². The van der Waals surface area contributed by atoms with Crippen LogP contribution < -0.4 is 10.5 Å². The molecule has 0 bridgehead atoms. The lowest BCUT2D eigenvalue weighted by Gasteiger charge is -2.16. The number of aldehydes is 1. The standard InChI is InChI=1S/C14H10BrF2NO2/c15-8-4-5-11(18)12(6-8)20-13(7-19)14-9(16)2-1-3-10(14)17/h1-7,13H,18H2. The molecule has 0 heterocycles. The van der Waals surface area contributed by atoms with E-state index in [2.05, 4.69) is 15.9 Å². The number of nitrogens with two attached hydrogens (primary N) is 1. The fraction of sp³-hybridized carbons (Fsp3) is 0.0714. The van der Waals surface area contributed by atoms with Crippen molar-refractivity contribution in [3.63, 3.8) is 0 Å². The molecule has 2 aromatic carbocycles.